The molecule has 8 heteroatoms. The maximum atomic E-state index is 12.8. The Balaban J connectivity index is 1.67. The Morgan fingerprint density at radius 2 is 1.66 bits per heavy atom. The van der Waals surface area contributed by atoms with Crippen LogP contribution in [0.3, 0.4) is 0 Å². The number of nitrogens with one attached hydrogen (secondary N) is 2. The minimum absolute atomic E-state index is 0.151. The number of rotatable bonds is 5. The quantitative estimate of drug-likeness (QED) is 0.756. The van der Waals surface area contributed by atoms with Gasteiger partial charge in [0.25, 0.3) is 11.8 Å². The van der Waals surface area contributed by atoms with Crippen LogP contribution in [0, 0.1) is 0 Å². The van der Waals surface area contributed by atoms with Crippen molar-refractivity contribution in [3.05, 3.63) is 65.7 Å². The van der Waals surface area contributed by atoms with Crippen molar-refractivity contribution >= 4 is 29.4 Å². The van der Waals surface area contributed by atoms with Crippen molar-refractivity contribution in [3.63, 3.8) is 0 Å². The van der Waals surface area contributed by atoms with E-state index in [1.54, 1.807) is 69.6 Å². The molecule has 1 saturated heterocycles. The predicted molar refractivity (Wildman–Crippen MR) is 107 cm³/mol. The zero-order valence-electron chi connectivity index (χ0n) is 16.4. The molecular weight excluding hydrogens is 372 g/mol. The fourth-order valence-corrected chi connectivity index (χ4v) is 3.11. The lowest BCUT2D eigenvalue weighted by molar-refractivity contribution is -0.133. The molecule has 2 aromatic rings. The first-order chi connectivity index (χ1) is 13.7. The number of hydrogen-bond donors (Lipinski definition) is 2. The molecule has 1 unspecified atom stereocenters. The van der Waals surface area contributed by atoms with Crippen molar-refractivity contribution in [1.29, 1.82) is 0 Å². The van der Waals surface area contributed by atoms with Gasteiger partial charge in [0.05, 0.1) is 0 Å². The number of carbonyl (C=O) groups is 4. The minimum atomic E-state index is -1.22. The third kappa shape index (κ3) is 3.96. The summed E-state index contributed by atoms with van der Waals surface area (Å²) in [5.74, 6) is -1.16. The van der Waals surface area contributed by atoms with E-state index in [4.69, 9.17) is 0 Å². The molecule has 2 aromatic carbocycles. The molecule has 0 radical (unpaired) electrons. The first-order valence-corrected chi connectivity index (χ1v) is 9.03. The molecule has 1 aliphatic rings. The normalized spacial score (nSPS) is 18.4. The Morgan fingerprint density at radius 1 is 1.03 bits per heavy atom. The van der Waals surface area contributed by atoms with Crippen LogP contribution in [-0.2, 0) is 15.1 Å². The monoisotopic (exact) mass is 394 g/mol. The van der Waals surface area contributed by atoms with Gasteiger partial charge in [0.1, 0.15) is 12.1 Å². The number of nitrogens with zero attached hydrogens (tertiary/aromatic N) is 2. The van der Waals surface area contributed by atoms with Crippen LogP contribution in [-0.4, -0.2) is 54.2 Å². The lowest BCUT2D eigenvalue weighted by Crippen LogP contribution is -2.42. The Bertz CT molecular complexity index is 956. The van der Waals surface area contributed by atoms with Crippen molar-refractivity contribution in [2.75, 3.05) is 26.0 Å². The van der Waals surface area contributed by atoms with E-state index in [1.807, 2.05) is 6.07 Å². The van der Waals surface area contributed by atoms with Gasteiger partial charge in [0, 0.05) is 25.3 Å². The lowest BCUT2D eigenvalue weighted by Gasteiger charge is -2.22. The van der Waals surface area contributed by atoms with Gasteiger partial charge in [-0.2, -0.15) is 0 Å². The summed E-state index contributed by atoms with van der Waals surface area (Å²) < 4.78 is 0. The molecule has 1 aliphatic heterocycles. The van der Waals surface area contributed by atoms with E-state index in [2.05, 4.69) is 10.6 Å². The van der Waals surface area contributed by atoms with Crippen LogP contribution < -0.4 is 10.6 Å². The number of benzene rings is 2. The lowest BCUT2D eigenvalue weighted by atomic mass is 9.92. The molecule has 2 N–H and O–H groups in total. The van der Waals surface area contributed by atoms with Gasteiger partial charge in [0.2, 0.25) is 5.91 Å². The highest BCUT2D eigenvalue weighted by molar-refractivity contribution is 6.10. The molecule has 0 saturated carbocycles. The Hall–Kier alpha value is -3.68. The molecule has 0 bridgehead atoms. The van der Waals surface area contributed by atoms with Crippen LogP contribution in [0.25, 0.3) is 0 Å². The number of hydrogen-bond acceptors (Lipinski definition) is 4. The summed E-state index contributed by atoms with van der Waals surface area (Å²) in [7, 11) is 3.30. The maximum absolute atomic E-state index is 12.8. The standard InChI is InChI=1S/C21H22N4O4/c1-21(15-7-5-4-6-8-15)19(28)25(20(29)23-21)13-17(26)22-16-11-9-14(10-12-16)18(27)24(2)3/h4-12H,13H2,1-3H3,(H,22,26)(H,23,29). The molecule has 1 fully saturated rings. The summed E-state index contributed by atoms with van der Waals surface area (Å²) in [5.41, 5.74) is 0.374. The van der Waals surface area contributed by atoms with E-state index in [0.29, 0.717) is 16.8 Å². The first-order valence-electron chi connectivity index (χ1n) is 9.03. The highest BCUT2D eigenvalue weighted by Gasteiger charge is 2.49. The molecule has 0 aliphatic carbocycles. The third-order valence-electron chi connectivity index (χ3n) is 4.75. The number of carbonyl (C=O) groups excluding carboxylic acids is 4. The Morgan fingerprint density at radius 3 is 2.24 bits per heavy atom. The summed E-state index contributed by atoms with van der Waals surface area (Å²) in [6, 6.07) is 14.6. The fraction of sp³-hybridized carbons (Fsp3) is 0.238. The summed E-state index contributed by atoms with van der Waals surface area (Å²) in [6.07, 6.45) is 0. The largest absolute Gasteiger partial charge is 0.345 e. The van der Waals surface area contributed by atoms with Crippen molar-refractivity contribution in [2.45, 2.75) is 12.5 Å². The minimum Gasteiger partial charge on any atom is -0.345 e. The summed E-state index contributed by atoms with van der Waals surface area (Å²) in [6.45, 7) is 1.20. The SMILES string of the molecule is CN(C)C(=O)c1ccc(NC(=O)CN2C(=O)NC(C)(c3ccccc3)C2=O)cc1. The van der Waals surface area contributed by atoms with Crippen LogP contribution in [0.4, 0.5) is 10.5 Å². The zero-order chi connectivity index (χ0) is 21.2. The van der Waals surface area contributed by atoms with Crippen LogP contribution in [0.15, 0.2) is 54.6 Å². The zero-order valence-corrected chi connectivity index (χ0v) is 16.4. The highest BCUT2D eigenvalue weighted by atomic mass is 16.2. The van der Waals surface area contributed by atoms with E-state index < -0.39 is 29.9 Å². The summed E-state index contributed by atoms with van der Waals surface area (Å²) in [4.78, 5) is 51.8. The first kappa shape index (κ1) is 20.1. The average Bonchev–Trinajstić information content (AvgIpc) is 2.92. The smallest absolute Gasteiger partial charge is 0.325 e. The predicted octanol–water partition coefficient (Wildman–Crippen LogP) is 1.79. The van der Waals surface area contributed by atoms with Crippen molar-refractivity contribution in [3.8, 4) is 0 Å². The van der Waals surface area contributed by atoms with Crippen molar-refractivity contribution in [2.24, 2.45) is 0 Å². The molecular formula is C21H22N4O4. The van der Waals surface area contributed by atoms with Gasteiger partial charge >= 0.3 is 6.03 Å². The van der Waals surface area contributed by atoms with E-state index in [1.165, 1.54) is 4.90 Å². The van der Waals surface area contributed by atoms with Gasteiger partial charge in [0.15, 0.2) is 0 Å². The molecule has 8 nitrogen and oxygen atoms in total. The fourth-order valence-electron chi connectivity index (χ4n) is 3.11. The maximum Gasteiger partial charge on any atom is 0.325 e. The Labute approximate surface area is 168 Å². The second-order valence-electron chi connectivity index (χ2n) is 7.14. The molecule has 150 valence electrons. The number of imide groups is 1. The van der Waals surface area contributed by atoms with Gasteiger partial charge in [-0.15, -0.1) is 0 Å². The Kier molecular flexibility index (Phi) is 5.36. The van der Waals surface area contributed by atoms with E-state index >= 15 is 0 Å². The van der Waals surface area contributed by atoms with E-state index in [9.17, 15) is 19.2 Å². The topological polar surface area (TPSA) is 98.8 Å². The van der Waals surface area contributed by atoms with Crippen molar-refractivity contribution in [1.82, 2.24) is 15.1 Å². The van der Waals surface area contributed by atoms with E-state index in [-0.39, 0.29) is 5.91 Å². The van der Waals surface area contributed by atoms with Crippen LogP contribution in [0.5, 0.6) is 0 Å². The molecule has 0 spiro atoms. The van der Waals surface area contributed by atoms with Gasteiger partial charge < -0.3 is 15.5 Å². The molecule has 1 heterocycles. The van der Waals surface area contributed by atoms with E-state index in [0.717, 1.165) is 4.90 Å². The number of urea groups is 1. The van der Waals surface area contributed by atoms with Crippen LogP contribution in [0.1, 0.15) is 22.8 Å². The van der Waals surface area contributed by atoms with Crippen LogP contribution in [0.2, 0.25) is 0 Å². The second kappa shape index (κ2) is 7.75. The average molecular weight is 394 g/mol. The van der Waals surface area contributed by atoms with Gasteiger partial charge in [-0.3, -0.25) is 19.3 Å². The third-order valence-corrected chi connectivity index (χ3v) is 4.75. The van der Waals surface area contributed by atoms with Gasteiger partial charge in [-0.1, -0.05) is 30.3 Å². The molecule has 0 aromatic heterocycles. The molecule has 29 heavy (non-hydrogen) atoms. The molecule has 1 atom stereocenters. The van der Waals surface area contributed by atoms with Gasteiger partial charge in [-0.05, 0) is 36.8 Å². The van der Waals surface area contributed by atoms with Crippen LogP contribution >= 0.6 is 0 Å². The molecule has 5 amide bonds. The molecule has 3 rings (SSSR count). The van der Waals surface area contributed by atoms with Gasteiger partial charge in [-0.25, -0.2) is 4.79 Å². The second-order valence-corrected chi connectivity index (χ2v) is 7.14. The number of anilines is 1. The summed E-state index contributed by atoms with van der Waals surface area (Å²) >= 11 is 0. The van der Waals surface area contributed by atoms with Crippen molar-refractivity contribution < 1.29 is 19.2 Å². The highest BCUT2D eigenvalue weighted by Crippen LogP contribution is 2.28. The summed E-state index contributed by atoms with van der Waals surface area (Å²) in [5, 5.41) is 5.30. The number of amides is 5.